The standard InChI is InChI=1S/C18H15F2N3O3S/c1-10(15(21)24)27-18-22-14-5-3-2-4-13(14)16(25)23(18)11-6-8-12(9-7-11)26-17(19)20/h2-10,17H,1H3,(H2,21,24)/t10-/m1/s1. The molecule has 0 saturated heterocycles. The summed E-state index contributed by atoms with van der Waals surface area (Å²) in [6.45, 7) is -1.33. The number of fused-ring (bicyclic) bond motifs is 1. The molecule has 1 aromatic heterocycles. The molecule has 140 valence electrons. The zero-order valence-corrected chi connectivity index (χ0v) is 15.0. The second-order valence-electron chi connectivity index (χ2n) is 5.59. The van der Waals surface area contributed by atoms with Crippen molar-refractivity contribution in [2.75, 3.05) is 0 Å². The van der Waals surface area contributed by atoms with Gasteiger partial charge in [-0.3, -0.25) is 14.2 Å². The number of benzene rings is 2. The number of ether oxygens (including phenoxy) is 1. The third-order valence-corrected chi connectivity index (χ3v) is 4.82. The fraction of sp³-hybridized carbons (Fsp3) is 0.167. The molecule has 0 fully saturated rings. The third-order valence-electron chi connectivity index (χ3n) is 3.75. The van der Waals surface area contributed by atoms with E-state index in [1.807, 2.05) is 0 Å². The second-order valence-corrected chi connectivity index (χ2v) is 6.89. The molecule has 1 heterocycles. The van der Waals surface area contributed by atoms with Gasteiger partial charge in [0.05, 0.1) is 21.8 Å². The van der Waals surface area contributed by atoms with E-state index in [1.165, 1.54) is 28.8 Å². The van der Waals surface area contributed by atoms with E-state index in [0.29, 0.717) is 16.6 Å². The lowest BCUT2D eigenvalue weighted by atomic mass is 10.2. The predicted octanol–water partition coefficient (Wildman–Crippen LogP) is 2.95. The van der Waals surface area contributed by atoms with E-state index in [0.717, 1.165) is 11.8 Å². The molecule has 1 amide bonds. The molecule has 0 radical (unpaired) electrons. The van der Waals surface area contributed by atoms with Gasteiger partial charge in [-0.15, -0.1) is 0 Å². The number of nitrogens with zero attached hydrogens (tertiary/aromatic N) is 2. The molecule has 9 heteroatoms. The molecule has 0 saturated carbocycles. The number of halogens is 2. The zero-order chi connectivity index (χ0) is 19.6. The van der Waals surface area contributed by atoms with E-state index in [4.69, 9.17) is 5.73 Å². The largest absolute Gasteiger partial charge is 0.435 e. The van der Waals surface area contributed by atoms with E-state index in [9.17, 15) is 18.4 Å². The minimum absolute atomic E-state index is 0.0322. The Labute approximate surface area is 157 Å². The average Bonchev–Trinajstić information content (AvgIpc) is 2.62. The van der Waals surface area contributed by atoms with Crippen LogP contribution in [0, 0.1) is 0 Å². The fourth-order valence-electron chi connectivity index (χ4n) is 2.41. The van der Waals surface area contributed by atoms with Crippen LogP contribution in [0.4, 0.5) is 8.78 Å². The number of para-hydroxylation sites is 1. The molecule has 3 rings (SSSR count). The zero-order valence-electron chi connectivity index (χ0n) is 14.1. The van der Waals surface area contributed by atoms with E-state index in [1.54, 1.807) is 31.2 Å². The molecule has 2 aromatic carbocycles. The maximum Gasteiger partial charge on any atom is 0.387 e. The molecular weight excluding hydrogens is 376 g/mol. The summed E-state index contributed by atoms with van der Waals surface area (Å²) in [7, 11) is 0. The molecule has 0 bridgehead atoms. The number of thioether (sulfide) groups is 1. The first-order valence-corrected chi connectivity index (χ1v) is 8.78. The van der Waals surface area contributed by atoms with E-state index in [2.05, 4.69) is 9.72 Å². The van der Waals surface area contributed by atoms with E-state index in [-0.39, 0.29) is 16.5 Å². The van der Waals surface area contributed by atoms with Crippen LogP contribution in [0.15, 0.2) is 58.5 Å². The van der Waals surface area contributed by atoms with Crippen LogP contribution in [0.2, 0.25) is 0 Å². The van der Waals surface area contributed by atoms with Gasteiger partial charge >= 0.3 is 6.61 Å². The lowest BCUT2D eigenvalue weighted by Crippen LogP contribution is -2.26. The van der Waals surface area contributed by atoms with Crippen LogP contribution in [0.3, 0.4) is 0 Å². The van der Waals surface area contributed by atoms with Crippen molar-refractivity contribution < 1.29 is 18.3 Å². The van der Waals surface area contributed by atoms with Crippen LogP contribution >= 0.6 is 11.8 Å². The average molecular weight is 391 g/mol. The summed E-state index contributed by atoms with van der Waals surface area (Å²) in [4.78, 5) is 28.9. The third kappa shape index (κ3) is 4.08. The normalized spacial score (nSPS) is 12.3. The number of alkyl halides is 2. The molecule has 0 aliphatic heterocycles. The molecule has 6 nitrogen and oxygen atoms in total. The molecular formula is C18H15F2N3O3S. The summed E-state index contributed by atoms with van der Waals surface area (Å²) in [6.07, 6.45) is 0. The van der Waals surface area contributed by atoms with Crippen LogP contribution in [0.5, 0.6) is 5.75 Å². The summed E-state index contributed by atoms with van der Waals surface area (Å²) >= 11 is 1.04. The fourth-order valence-corrected chi connectivity index (χ4v) is 3.29. The highest BCUT2D eigenvalue weighted by atomic mass is 32.2. The number of amides is 1. The molecule has 2 N–H and O–H groups in total. The monoisotopic (exact) mass is 391 g/mol. The van der Waals surface area contributed by atoms with Gasteiger partial charge in [0.2, 0.25) is 5.91 Å². The van der Waals surface area contributed by atoms with Crippen molar-refractivity contribution in [1.29, 1.82) is 0 Å². The van der Waals surface area contributed by atoms with Crippen LogP contribution in [-0.2, 0) is 4.79 Å². The SMILES string of the molecule is C[C@@H](Sc1nc2ccccc2c(=O)n1-c1ccc(OC(F)F)cc1)C(N)=O. The topological polar surface area (TPSA) is 87.2 Å². The van der Waals surface area contributed by atoms with E-state index < -0.39 is 17.8 Å². The number of primary amides is 1. The van der Waals surface area contributed by atoms with E-state index >= 15 is 0 Å². The quantitative estimate of drug-likeness (QED) is 0.516. The van der Waals surface area contributed by atoms with Crippen molar-refractivity contribution in [3.05, 3.63) is 58.9 Å². The number of carbonyl (C=O) groups is 1. The number of carbonyl (C=O) groups excluding carboxylic acids is 1. The Hall–Kier alpha value is -2.94. The first-order chi connectivity index (χ1) is 12.9. The first-order valence-electron chi connectivity index (χ1n) is 7.90. The van der Waals surface area contributed by atoms with Gasteiger partial charge in [0, 0.05) is 0 Å². The van der Waals surface area contributed by atoms with Crippen molar-refractivity contribution in [2.45, 2.75) is 23.9 Å². The first kappa shape index (κ1) is 18.8. The Kier molecular flexibility index (Phi) is 5.41. The minimum Gasteiger partial charge on any atom is -0.435 e. The Morgan fingerprint density at radius 3 is 2.48 bits per heavy atom. The Morgan fingerprint density at radius 1 is 1.19 bits per heavy atom. The number of hydrogen-bond donors (Lipinski definition) is 1. The van der Waals surface area contributed by atoms with Crippen LogP contribution < -0.4 is 16.0 Å². The van der Waals surface area contributed by atoms with Gasteiger partial charge in [-0.2, -0.15) is 8.78 Å². The van der Waals surface area contributed by atoms with Gasteiger partial charge in [-0.25, -0.2) is 4.98 Å². The van der Waals surface area contributed by atoms with Crippen molar-refractivity contribution >= 4 is 28.6 Å². The maximum atomic E-state index is 13.0. The van der Waals surface area contributed by atoms with Crippen molar-refractivity contribution in [2.24, 2.45) is 5.73 Å². The maximum absolute atomic E-state index is 13.0. The molecule has 0 aliphatic rings. The van der Waals surface area contributed by atoms with Crippen molar-refractivity contribution in [1.82, 2.24) is 9.55 Å². The number of rotatable bonds is 6. The van der Waals surface area contributed by atoms with Crippen molar-refractivity contribution in [3.63, 3.8) is 0 Å². The molecule has 27 heavy (non-hydrogen) atoms. The summed E-state index contributed by atoms with van der Waals surface area (Å²) < 4.78 is 30.3. The molecule has 1 atom stereocenters. The molecule has 0 spiro atoms. The lowest BCUT2D eigenvalue weighted by Gasteiger charge is -2.15. The summed E-state index contributed by atoms with van der Waals surface area (Å²) in [5.41, 5.74) is 5.87. The molecule has 3 aromatic rings. The number of aromatic nitrogens is 2. The van der Waals surface area contributed by atoms with Gasteiger partial charge in [0.25, 0.3) is 5.56 Å². The Morgan fingerprint density at radius 2 is 1.85 bits per heavy atom. The lowest BCUT2D eigenvalue weighted by molar-refractivity contribution is -0.117. The second kappa shape index (κ2) is 7.75. The molecule has 0 unspecified atom stereocenters. The Bertz CT molecular complexity index is 1040. The highest BCUT2D eigenvalue weighted by Crippen LogP contribution is 2.26. The highest BCUT2D eigenvalue weighted by molar-refractivity contribution is 8.00. The Balaban J connectivity index is 2.15. The van der Waals surface area contributed by atoms with Crippen LogP contribution in [-0.4, -0.2) is 27.3 Å². The summed E-state index contributed by atoms with van der Waals surface area (Å²) in [6, 6.07) is 12.4. The van der Waals surface area contributed by atoms with Gasteiger partial charge in [-0.05, 0) is 43.3 Å². The number of nitrogens with two attached hydrogens (primary N) is 1. The summed E-state index contributed by atoms with van der Waals surface area (Å²) in [5, 5.41) is 0.0414. The smallest absolute Gasteiger partial charge is 0.387 e. The number of hydrogen-bond acceptors (Lipinski definition) is 5. The van der Waals surface area contributed by atoms with Crippen molar-refractivity contribution in [3.8, 4) is 11.4 Å². The van der Waals surface area contributed by atoms with Crippen LogP contribution in [0.25, 0.3) is 16.6 Å². The molecule has 0 aliphatic carbocycles. The van der Waals surface area contributed by atoms with Crippen LogP contribution in [0.1, 0.15) is 6.92 Å². The minimum atomic E-state index is -2.94. The van der Waals surface area contributed by atoms with Gasteiger partial charge in [0.15, 0.2) is 5.16 Å². The van der Waals surface area contributed by atoms with Gasteiger partial charge in [-0.1, -0.05) is 23.9 Å². The highest BCUT2D eigenvalue weighted by Gasteiger charge is 2.18. The summed E-state index contributed by atoms with van der Waals surface area (Å²) in [5.74, 6) is -0.579. The van der Waals surface area contributed by atoms with Gasteiger partial charge in [0.1, 0.15) is 5.75 Å². The predicted molar refractivity (Wildman–Crippen MR) is 98.5 cm³/mol. The van der Waals surface area contributed by atoms with Gasteiger partial charge < -0.3 is 10.5 Å².